The topological polar surface area (TPSA) is 77.5 Å². The second kappa shape index (κ2) is 5.12. The summed E-state index contributed by atoms with van der Waals surface area (Å²) in [5.74, 6) is -1.51. The highest BCUT2D eigenvalue weighted by atomic mass is 35.5. The van der Waals surface area contributed by atoms with Crippen molar-refractivity contribution < 1.29 is 18.3 Å². The summed E-state index contributed by atoms with van der Waals surface area (Å²) in [6, 6.07) is 4.01. The van der Waals surface area contributed by atoms with E-state index in [4.69, 9.17) is 23.2 Å². The number of carboxylic acid groups (broad SMARTS) is 1. The van der Waals surface area contributed by atoms with E-state index in [1.807, 2.05) is 0 Å². The highest BCUT2D eigenvalue weighted by Crippen LogP contribution is 2.28. The molecule has 0 fully saturated rings. The molecule has 5 nitrogen and oxygen atoms in total. The fraction of sp³-hybridized carbons (Fsp3) is 0.222. The van der Waals surface area contributed by atoms with Gasteiger partial charge >= 0.3 is 0 Å². The van der Waals surface area contributed by atoms with Crippen LogP contribution < -0.4 is 9.41 Å². The number of nitrogens with zero attached hydrogens (tertiary/aromatic N) is 1. The number of benzene rings is 1. The number of aliphatic carboxylic acids is 1. The van der Waals surface area contributed by atoms with E-state index in [0.29, 0.717) is 4.31 Å². The Morgan fingerprint density at radius 3 is 2.35 bits per heavy atom. The van der Waals surface area contributed by atoms with E-state index >= 15 is 0 Å². The Kier molecular flexibility index (Phi) is 4.24. The van der Waals surface area contributed by atoms with E-state index in [-0.39, 0.29) is 15.7 Å². The lowest BCUT2D eigenvalue weighted by Gasteiger charge is -2.23. The lowest BCUT2D eigenvalue weighted by molar-refractivity contribution is -0.303. The molecule has 0 bridgehead atoms. The molecule has 0 unspecified atom stereocenters. The van der Waals surface area contributed by atoms with Crippen LogP contribution in [0.5, 0.6) is 0 Å². The number of halogens is 2. The van der Waals surface area contributed by atoms with E-state index in [1.54, 1.807) is 0 Å². The quantitative estimate of drug-likeness (QED) is 0.811. The number of rotatable bonds is 4. The Morgan fingerprint density at radius 2 is 1.94 bits per heavy atom. The van der Waals surface area contributed by atoms with E-state index in [2.05, 4.69) is 0 Å². The highest BCUT2D eigenvalue weighted by Gasteiger charge is 2.18. The maximum Gasteiger partial charge on any atom is 0.232 e. The van der Waals surface area contributed by atoms with Crippen molar-refractivity contribution >= 4 is 44.9 Å². The van der Waals surface area contributed by atoms with Gasteiger partial charge < -0.3 is 9.90 Å². The summed E-state index contributed by atoms with van der Waals surface area (Å²) in [5.41, 5.74) is 0.117. The van der Waals surface area contributed by atoms with Crippen LogP contribution in [0.3, 0.4) is 0 Å². The monoisotopic (exact) mass is 296 g/mol. The minimum Gasteiger partial charge on any atom is -0.548 e. The second-order valence-corrected chi connectivity index (χ2v) is 5.96. The van der Waals surface area contributed by atoms with Crippen LogP contribution in [-0.2, 0) is 14.8 Å². The second-order valence-electron chi connectivity index (χ2n) is 3.24. The van der Waals surface area contributed by atoms with Crippen LogP contribution in [0.15, 0.2) is 18.2 Å². The molecule has 0 saturated carbocycles. The number of anilines is 1. The molecule has 0 radical (unpaired) electrons. The number of carboxylic acids is 1. The number of hydrogen-bond donors (Lipinski definition) is 0. The van der Waals surface area contributed by atoms with E-state index in [1.165, 1.54) is 18.2 Å². The SMILES string of the molecule is CS(=O)(=O)N(CC(=O)[O-])c1ccc(Cl)c(Cl)c1. The Bertz CT molecular complexity index is 544. The number of carbonyl (C=O) groups excluding carboxylic acids is 1. The lowest BCUT2D eigenvalue weighted by atomic mass is 10.3. The van der Waals surface area contributed by atoms with Crippen molar-refractivity contribution in [3.63, 3.8) is 0 Å². The molecule has 8 heteroatoms. The van der Waals surface area contributed by atoms with Crippen LogP contribution in [0, 0.1) is 0 Å². The largest absolute Gasteiger partial charge is 0.548 e. The molecule has 0 atom stereocenters. The molecular weight excluding hydrogens is 289 g/mol. The van der Waals surface area contributed by atoms with Gasteiger partial charge in [0.05, 0.1) is 34.5 Å². The summed E-state index contributed by atoms with van der Waals surface area (Å²) in [6.45, 7) is -0.781. The zero-order chi connectivity index (χ0) is 13.2. The summed E-state index contributed by atoms with van der Waals surface area (Å²) in [4.78, 5) is 10.5. The van der Waals surface area contributed by atoms with Crippen molar-refractivity contribution in [1.29, 1.82) is 0 Å². The van der Waals surface area contributed by atoms with Crippen molar-refractivity contribution in [2.24, 2.45) is 0 Å². The van der Waals surface area contributed by atoms with Gasteiger partial charge in [-0.15, -0.1) is 0 Å². The van der Waals surface area contributed by atoms with Crippen LogP contribution in [0.25, 0.3) is 0 Å². The summed E-state index contributed by atoms with van der Waals surface area (Å²) in [5, 5.41) is 10.9. The molecule has 0 amide bonds. The lowest BCUT2D eigenvalue weighted by Crippen LogP contribution is -2.41. The van der Waals surface area contributed by atoms with Crippen LogP contribution >= 0.6 is 23.2 Å². The minimum absolute atomic E-state index is 0.117. The third-order valence-electron chi connectivity index (χ3n) is 1.86. The van der Waals surface area contributed by atoms with Gasteiger partial charge in [0.2, 0.25) is 10.0 Å². The molecule has 0 saturated heterocycles. The average Bonchev–Trinajstić information content (AvgIpc) is 2.17. The number of hydrogen-bond acceptors (Lipinski definition) is 4. The predicted octanol–water partition coefficient (Wildman–Crippen LogP) is 0.509. The van der Waals surface area contributed by atoms with E-state index < -0.39 is 22.5 Å². The summed E-state index contributed by atoms with van der Waals surface area (Å²) in [6.07, 6.45) is 0.887. The van der Waals surface area contributed by atoms with Crippen molar-refractivity contribution in [2.75, 3.05) is 17.1 Å². The number of sulfonamides is 1. The van der Waals surface area contributed by atoms with Gasteiger partial charge in [-0.3, -0.25) is 4.31 Å². The Balaban J connectivity index is 3.22. The first-order chi connectivity index (χ1) is 7.71. The van der Waals surface area contributed by atoms with E-state index in [0.717, 1.165) is 6.26 Å². The van der Waals surface area contributed by atoms with Gasteiger partial charge in [0.25, 0.3) is 0 Å². The van der Waals surface area contributed by atoms with Crippen molar-refractivity contribution in [3.8, 4) is 0 Å². The summed E-state index contributed by atoms with van der Waals surface area (Å²) < 4.78 is 23.5. The predicted molar refractivity (Wildman–Crippen MR) is 63.7 cm³/mol. The van der Waals surface area contributed by atoms with Gasteiger partial charge in [-0.2, -0.15) is 0 Å². The standard InChI is InChI=1S/C9H9Cl2NO4S/c1-17(15,16)12(5-9(13)14)6-2-3-7(10)8(11)4-6/h2-4H,5H2,1H3,(H,13,14)/p-1. The Morgan fingerprint density at radius 1 is 1.35 bits per heavy atom. The van der Waals surface area contributed by atoms with Crippen LogP contribution in [0.4, 0.5) is 5.69 Å². The summed E-state index contributed by atoms with van der Waals surface area (Å²) in [7, 11) is -3.73. The Labute approximate surface area is 109 Å². The molecule has 0 spiro atoms. The molecule has 0 aliphatic heterocycles. The van der Waals surface area contributed by atoms with Gasteiger partial charge in [-0.05, 0) is 18.2 Å². The fourth-order valence-electron chi connectivity index (χ4n) is 1.16. The van der Waals surface area contributed by atoms with Gasteiger partial charge in [-0.25, -0.2) is 8.42 Å². The molecule has 94 valence electrons. The number of carbonyl (C=O) groups is 1. The molecule has 1 rings (SSSR count). The molecule has 0 aromatic heterocycles. The molecule has 17 heavy (non-hydrogen) atoms. The van der Waals surface area contributed by atoms with Gasteiger partial charge in [-0.1, -0.05) is 23.2 Å². The molecular formula is C9H8Cl2NO4S-. The fourth-order valence-corrected chi connectivity index (χ4v) is 2.29. The molecule has 1 aromatic rings. The molecule has 0 aliphatic rings. The average molecular weight is 297 g/mol. The third-order valence-corrected chi connectivity index (χ3v) is 3.74. The molecule has 0 heterocycles. The van der Waals surface area contributed by atoms with Crippen molar-refractivity contribution in [2.45, 2.75) is 0 Å². The summed E-state index contributed by atoms with van der Waals surface area (Å²) >= 11 is 11.4. The minimum atomic E-state index is -3.73. The molecule has 1 aromatic carbocycles. The van der Waals surface area contributed by atoms with Gasteiger partial charge in [0.15, 0.2) is 0 Å². The zero-order valence-electron chi connectivity index (χ0n) is 8.68. The smallest absolute Gasteiger partial charge is 0.232 e. The third kappa shape index (κ3) is 3.76. The maximum atomic E-state index is 11.4. The van der Waals surface area contributed by atoms with Gasteiger partial charge in [0.1, 0.15) is 0 Å². The Hall–Kier alpha value is -0.980. The first kappa shape index (κ1) is 14.1. The van der Waals surface area contributed by atoms with Crippen molar-refractivity contribution in [1.82, 2.24) is 0 Å². The van der Waals surface area contributed by atoms with Crippen LogP contribution in [0.1, 0.15) is 0 Å². The first-order valence-corrected chi connectivity index (χ1v) is 6.95. The molecule has 0 aliphatic carbocycles. The van der Waals surface area contributed by atoms with Crippen LogP contribution in [-0.4, -0.2) is 27.2 Å². The van der Waals surface area contributed by atoms with Gasteiger partial charge in [0, 0.05) is 0 Å². The van der Waals surface area contributed by atoms with E-state index in [9.17, 15) is 18.3 Å². The maximum absolute atomic E-state index is 11.4. The molecule has 0 N–H and O–H groups in total. The normalized spacial score (nSPS) is 11.2. The van der Waals surface area contributed by atoms with Crippen molar-refractivity contribution in [3.05, 3.63) is 28.2 Å². The first-order valence-electron chi connectivity index (χ1n) is 4.34. The highest BCUT2D eigenvalue weighted by molar-refractivity contribution is 7.92. The van der Waals surface area contributed by atoms with Crippen LogP contribution in [0.2, 0.25) is 10.0 Å². The zero-order valence-corrected chi connectivity index (χ0v) is 11.0.